The molecule has 0 radical (unpaired) electrons. The minimum absolute atomic E-state index is 0.569. The largest absolute Gasteiger partial charge is 0.221 e. The fourth-order valence-corrected chi connectivity index (χ4v) is 1.36. The van der Waals surface area contributed by atoms with E-state index in [0.717, 1.165) is 5.69 Å². The molecule has 0 fully saturated rings. The van der Waals surface area contributed by atoms with Crippen LogP contribution in [0.3, 0.4) is 0 Å². The molecule has 0 saturated carbocycles. The minimum Gasteiger partial charge on any atom is -0.221 e. The van der Waals surface area contributed by atoms with Gasteiger partial charge < -0.3 is 0 Å². The van der Waals surface area contributed by atoms with Gasteiger partial charge in [-0.3, -0.25) is 0 Å². The number of nitrogens with zero attached hydrogens (tertiary/aromatic N) is 3. The molecule has 3 heteroatoms. The summed E-state index contributed by atoms with van der Waals surface area (Å²) in [6, 6.07) is 8.37. The van der Waals surface area contributed by atoms with Crippen LogP contribution in [-0.2, 0) is 0 Å². The molecule has 1 heterocycles. The normalized spacial score (nSPS) is 9.81. The van der Waals surface area contributed by atoms with E-state index in [1.807, 2.05) is 20.0 Å². The van der Waals surface area contributed by atoms with Gasteiger partial charge in [-0.15, -0.1) is 5.10 Å². The maximum absolute atomic E-state index is 3.93. The molecule has 0 aliphatic rings. The summed E-state index contributed by atoms with van der Waals surface area (Å²) < 4.78 is 1.75. The molecule has 86 valence electrons. The Balaban J connectivity index is 0.000000606. The van der Waals surface area contributed by atoms with E-state index in [4.69, 9.17) is 0 Å². The average Bonchev–Trinajstić information content (AvgIpc) is 2.85. The predicted octanol–water partition coefficient (Wildman–Crippen LogP) is 3.42. The summed E-state index contributed by atoms with van der Waals surface area (Å²) in [5.74, 6) is 0.569. The molecule has 0 saturated heterocycles. The molecular weight excluding hydrogens is 198 g/mol. The van der Waals surface area contributed by atoms with Crippen LogP contribution in [0.4, 0.5) is 0 Å². The molecule has 2 rings (SSSR count). The van der Waals surface area contributed by atoms with Crippen molar-refractivity contribution in [3.63, 3.8) is 0 Å². The van der Waals surface area contributed by atoms with Crippen LogP contribution in [0.1, 0.15) is 39.2 Å². The van der Waals surface area contributed by atoms with Crippen LogP contribution >= 0.6 is 0 Å². The van der Waals surface area contributed by atoms with Crippen LogP contribution in [0.2, 0.25) is 0 Å². The summed E-state index contributed by atoms with van der Waals surface area (Å²) in [4.78, 5) is 0. The van der Waals surface area contributed by atoms with Crippen molar-refractivity contribution in [2.24, 2.45) is 0 Å². The van der Waals surface area contributed by atoms with Crippen molar-refractivity contribution in [1.82, 2.24) is 15.0 Å². The topological polar surface area (TPSA) is 30.7 Å². The summed E-state index contributed by atoms with van der Waals surface area (Å²) >= 11 is 0. The monoisotopic (exact) mass is 217 g/mol. The maximum Gasteiger partial charge on any atom is 0.0697 e. The third kappa shape index (κ3) is 2.92. The molecule has 0 aliphatic heterocycles. The SMILES string of the molecule is CC.CC(C)c1ccc(-n2ccnn2)cc1. The van der Waals surface area contributed by atoms with Gasteiger partial charge in [-0.05, 0) is 23.6 Å². The molecule has 0 unspecified atom stereocenters. The first-order valence-corrected chi connectivity index (χ1v) is 5.74. The number of benzene rings is 1. The lowest BCUT2D eigenvalue weighted by Gasteiger charge is -2.06. The van der Waals surface area contributed by atoms with Crippen molar-refractivity contribution in [1.29, 1.82) is 0 Å². The Kier molecular flexibility index (Phi) is 4.70. The van der Waals surface area contributed by atoms with E-state index in [-0.39, 0.29) is 0 Å². The quantitative estimate of drug-likeness (QED) is 0.771. The van der Waals surface area contributed by atoms with Gasteiger partial charge in [0.1, 0.15) is 0 Å². The van der Waals surface area contributed by atoms with E-state index in [1.165, 1.54) is 5.56 Å². The molecule has 0 aliphatic carbocycles. The Morgan fingerprint density at radius 1 is 1.06 bits per heavy atom. The summed E-state index contributed by atoms with van der Waals surface area (Å²) in [6.07, 6.45) is 3.51. The number of hydrogen-bond donors (Lipinski definition) is 0. The summed E-state index contributed by atoms with van der Waals surface area (Å²) in [5, 5.41) is 7.70. The van der Waals surface area contributed by atoms with Gasteiger partial charge in [0, 0.05) is 0 Å². The molecule has 1 aromatic heterocycles. The van der Waals surface area contributed by atoms with Crippen molar-refractivity contribution < 1.29 is 0 Å². The second-order valence-electron chi connectivity index (χ2n) is 3.59. The molecule has 0 atom stereocenters. The molecule has 16 heavy (non-hydrogen) atoms. The highest BCUT2D eigenvalue weighted by atomic mass is 15.4. The van der Waals surface area contributed by atoms with Gasteiger partial charge in [-0.25, -0.2) is 4.68 Å². The van der Waals surface area contributed by atoms with Crippen LogP contribution in [0.5, 0.6) is 0 Å². The van der Waals surface area contributed by atoms with E-state index >= 15 is 0 Å². The van der Waals surface area contributed by atoms with E-state index in [0.29, 0.717) is 5.92 Å². The second kappa shape index (κ2) is 6.05. The van der Waals surface area contributed by atoms with Gasteiger partial charge >= 0.3 is 0 Å². The van der Waals surface area contributed by atoms with E-state index in [9.17, 15) is 0 Å². The number of rotatable bonds is 2. The molecule has 0 bridgehead atoms. The zero-order valence-electron chi connectivity index (χ0n) is 10.4. The lowest BCUT2D eigenvalue weighted by atomic mass is 10.0. The highest BCUT2D eigenvalue weighted by Crippen LogP contribution is 2.15. The van der Waals surface area contributed by atoms with Crippen molar-refractivity contribution in [2.45, 2.75) is 33.6 Å². The van der Waals surface area contributed by atoms with Crippen LogP contribution in [0, 0.1) is 0 Å². The van der Waals surface area contributed by atoms with Crippen LogP contribution < -0.4 is 0 Å². The first kappa shape index (κ1) is 12.4. The van der Waals surface area contributed by atoms with Crippen LogP contribution in [-0.4, -0.2) is 15.0 Å². The summed E-state index contributed by atoms with van der Waals surface area (Å²) in [6.45, 7) is 8.37. The fourth-order valence-electron chi connectivity index (χ4n) is 1.36. The van der Waals surface area contributed by atoms with Gasteiger partial charge in [0.05, 0.1) is 18.1 Å². The Labute approximate surface area is 97.1 Å². The fraction of sp³-hybridized carbons (Fsp3) is 0.385. The number of hydrogen-bond acceptors (Lipinski definition) is 2. The predicted molar refractivity (Wildman–Crippen MR) is 66.8 cm³/mol. The molecular formula is C13H19N3. The Bertz CT molecular complexity index is 388. The Morgan fingerprint density at radius 2 is 1.69 bits per heavy atom. The van der Waals surface area contributed by atoms with Gasteiger partial charge in [0.25, 0.3) is 0 Å². The smallest absolute Gasteiger partial charge is 0.0697 e. The van der Waals surface area contributed by atoms with Crippen molar-refractivity contribution in [2.75, 3.05) is 0 Å². The second-order valence-corrected chi connectivity index (χ2v) is 3.59. The van der Waals surface area contributed by atoms with E-state index in [1.54, 1.807) is 10.9 Å². The molecule has 2 aromatic rings. The first-order chi connectivity index (χ1) is 7.77. The minimum atomic E-state index is 0.569. The van der Waals surface area contributed by atoms with Crippen molar-refractivity contribution in [3.8, 4) is 5.69 Å². The van der Waals surface area contributed by atoms with E-state index < -0.39 is 0 Å². The highest BCUT2D eigenvalue weighted by Gasteiger charge is 2.00. The van der Waals surface area contributed by atoms with Gasteiger partial charge in [-0.2, -0.15) is 0 Å². The summed E-state index contributed by atoms with van der Waals surface area (Å²) in [7, 11) is 0. The van der Waals surface area contributed by atoms with Crippen molar-refractivity contribution >= 4 is 0 Å². The highest BCUT2D eigenvalue weighted by molar-refractivity contribution is 5.34. The summed E-state index contributed by atoms with van der Waals surface area (Å²) in [5.41, 5.74) is 2.39. The standard InChI is InChI=1S/C11H13N3.C2H6/c1-9(2)10-3-5-11(6-4-10)14-8-7-12-13-14;1-2/h3-9H,1-2H3;1-2H3. The van der Waals surface area contributed by atoms with Gasteiger partial charge in [0.15, 0.2) is 0 Å². The molecule has 0 amide bonds. The molecule has 0 spiro atoms. The van der Waals surface area contributed by atoms with Crippen LogP contribution in [0.25, 0.3) is 5.69 Å². The lowest BCUT2D eigenvalue weighted by Crippen LogP contribution is -1.95. The third-order valence-corrected chi connectivity index (χ3v) is 2.25. The zero-order chi connectivity index (χ0) is 12.0. The Hall–Kier alpha value is -1.64. The molecule has 3 nitrogen and oxygen atoms in total. The number of aromatic nitrogens is 3. The molecule has 1 aromatic carbocycles. The van der Waals surface area contributed by atoms with E-state index in [2.05, 4.69) is 48.4 Å². The molecule has 0 N–H and O–H groups in total. The van der Waals surface area contributed by atoms with Gasteiger partial charge in [-0.1, -0.05) is 45.0 Å². The van der Waals surface area contributed by atoms with Gasteiger partial charge in [0.2, 0.25) is 0 Å². The lowest BCUT2D eigenvalue weighted by molar-refractivity contribution is 0.800. The Morgan fingerprint density at radius 3 is 2.12 bits per heavy atom. The third-order valence-electron chi connectivity index (χ3n) is 2.25. The maximum atomic E-state index is 3.93. The first-order valence-electron chi connectivity index (χ1n) is 5.74. The van der Waals surface area contributed by atoms with Crippen LogP contribution in [0.15, 0.2) is 36.7 Å². The zero-order valence-corrected chi connectivity index (χ0v) is 10.4. The van der Waals surface area contributed by atoms with Crippen molar-refractivity contribution in [3.05, 3.63) is 42.2 Å². The average molecular weight is 217 g/mol.